The van der Waals surface area contributed by atoms with E-state index in [1.165, 1.54) is 13.2 Å². The highest BCUT2D eigenvalue weighted by Gasteiger charge is 2.17. The highest BCUT2D eigenvalue weighted by Crippen LogP contribution is 2.23. The summed E-state index contributed by atoms with van der Waals surface area (Å²) in [6, 6.07) is 4.62. The first-order valence-electron chi connectivity index (χ1n) is 4.51. The van der Waals surface area contributed by atoms with E-state index in [-0.39, 0.29) is 11.4 Å². The number of nitrogens with one attached hydrogen (secondary N) is 1. The van der Waals surface area contributed by atoms with Crippen molar-refractivity contribution in [2.24, 2.45) is 0 Å². The molecule has 0 fully saturated rings. The van der Waals surface area contributed by atoms with Crippen molar-refractivity contribution in [3.8, 4) is 0 Å². The van der Waals surface area contributed by atoms with Gasteiger partial charge in [0.2, 0.25) is 10.0 Å². The van der Waals surface area contributed by atoms with Crippen LogP contribution in [0.25, 0.3) is 0 Å². The van der Waals surface area contributed by atoms with Crippen molar-refractivity contribution in [2.75, 3.05) is 26.0 Å². The largest absolute Gasteiger partial charge is 0.399 e. The van der Waals surface area contributed by atoms with Gasteiger partial charge in [-0.1, -0.05) is 0 Å². The molecule has 7 heteroatoms. The number of nitrogen functional groups attached to an aromatic ring is 1. The topological polar surface area (TPSA) is 81.4 Å². The van der Waals surface area contributed by atoms with E-state index >= 15 is 0 Å². The van der Waals surface area contributed by atoms with Crippen molar-refractivity contribution in [3.05, 3.63) is 22.7 Å². The molecule has 16 heavy (non-hydrogen) atoms. The number of rotatable bonds is 5. The molecule has 0 radical (unpaired) electrons. The molecule has 0 aliphatic carbocycles. The van der Waals surface area contributed by atoms with E-state index in [0.29, 0.717) is 16.8 Å². The minimum Gasteiger partial charge on any atom is -0.399 e. The first-order chi connectivity index (χ1) is 7.47. The van der Waals surface area contributed by atoms with Gasteiger partial charge in [-0.05, 0) is 34.1 Å². The van der Waals surface area contributed by atoms with Crippen molar-refractivity contribution in [3.63, 3.8) is 0 Å². The minimum absolute atomic E-state index is 0.128. The zero-order chi connectivity index (χ0) is 12.2. The Bertz CT molecular complexity index is 462. The van der Waals surface area contributed by atoms with Crippen LogP contribution < -0.4 is 10.5 Å². The predicted octanol–water partition coefficient (Wildman–Crippen LogP) is 0.956. The maximum absolute atomic E-state index is 11.8. The minimum atomic E-state index is -3.54. The normalized spacial score (nSPS) is 11.6. The summed E-state index contributed by atoms with van der Waals surface area (Å²) in [5.41, 5.74) is 5.94. The Morgan fingerprint density at radius 3 is 2.81 bits per heavy atom. The molecular formula is C9H13BrN2O3S. The molecule has 0 aliphatic rings. The van der Waals surface area contributed by atoms with Crippen LogP contribution in [-0.2, 0) is 14.8 Å². The molecule has 0 unspecified atom stereocenters. The molecule has 1 aromatic carbocycles. The monoisotopic (exact) mass is 308 g/mol. The summed E-state index contributed by atoms with van der Waals surface area (Å²) in [7, 11) is -2.04. The van der Waals surface area contributed by atoms with Crippen LogP contribution in [0.4, 0.5) is 5.69 Å². The Kier molecular flexibility index (Phi) is 4.72. The highest BCUT2D eigenvalue weighted by molar-refractivity contribution is 9.10. The van der Waals surface area contributed by atoms with Gasteiger partial charge in [0.15, 0.2) is 0 Å². The zero-order valence-electron chi connectivity index (χ0n) is 8.73. The second-order valence-electron chi connectivity index (χ2n) is 3.08. The number of methoxy groups -OCH3 is 1. The summed E-state index contributed by atoms with van der Waals surface area (Å²) in [5.74, 6) is 0. The number of hydrogen-bond acceptors (Lipinski definition) is 4. The summed E-state index contributed by atoms with van der Waals surface area (Å²) < 4.78 is 31.3. The molecule has 5 nitrogen and oxygen atoms in total. The Labute approximate surface area is 103 Å². The number of ether oxygens (including phenoxy) is 1. The molecule has 0 saturated heterocycles. The second kappa shape index (κ2) is 5.62. The van der Waals surface area contributed by atoms with Crippen molar-refractivity contribution in [1.82, 2.24) is 4.72 Å². The van der Waals surface area contributed by atoms with E-state index in [4.69, 9.17) is 10.5 Å². The van der Waals surface area contributed by atoms with Crippen molar-refractivity contribution in [2.45, 2.75) is 4.90 Å². The Balaban J connectivity index is 2.93. The molecule has 0 heterocycles. The van der Waals surface area contributed by atoms with Gasteiger partial charge in [-0.25, -0.2) is 13.1 Å². The molecule has 0 saturated carbocycles. The smallest absolute Gasteiger partial charge is 0.241 e. The lowest BCUT2D eigenvalue weighted by Crippen LogP contribution is -2.27. The van der Waals surface area contributed by atoms with Gasteiger partial charge < -0.3 is 10.5 Å². The summed E-state index contributed by atoms with van der Waals surface area (Å²) in [6.07, 6.45) is 0. The Hall–Kier alpha value is -0.630. The average molecular weight is 309 g/mol. The SMILES string of the molecule is COCCNS(=O)(=O)c1cc(N)ccc1Br. The van der Waals surface area contributed by atoms with Gasteiger partial charge in [-0.3, -0.25) is 0 Å². The fourth-order valence-electron chi connectivity index (χ4n) is 1.08. The molecule has 0 aliphatic heterocycles. The number of halogens is 1. The van der Waals surface area contributed by atoms with E-state index < -0.39 is 10.0 Å². The number of anilines is 1. The molecule has 0 bridgehead atoms. The molecular weight excluding hydrogens is 296 g/mol. The van der Waals surface area contributed by atoms with Gasteiger partial charge in [-0.15, -0.1) is 0 Å². The van der Waals surface area contributed by atoms with Gasteiger partial charge >= 0.3 is 0 Å². The van der Waals surface area contributed by atoms with Crippen LogP contribution in [0, 0.1) is 0 Å². The van der Waals surface area contributed by atoms with Gasteiger partial charge in [-0.2, -0.15) is 0 Å². The highest BCUT2D eigenvalue weighted by atomic mass is 79.9. The summed E-state index contributed by atoms with van der Waals surface area (Å²) in [5, 5.41) is 0. The quantitative estimate of drug-likeness (QED) is 0.627. The van der Waals surface area contributed by atoms with Gasteiger partial charge in [0.1, 0.15) is 0 Å². The lowest BCUT2D eigenvalue weighted by atomic mass is 10.3. The number of hydrogen-bond donors (Lipinski definition) is 2. The Morgan fingerprint density at radius 1 is 1.50 bits per heavy atom. The predicted molar refractivity (Wildman–Crippen MR) is 65.6 cm³/mol. The average Bonchev–Trinajstić information content (AvgIpc) is 2.22. The van der Waals surface area contributed by atoms with Crippen molar-refractivity contribution >= 4 is 31.6 Å². The van der Waals surface area contributed by atoms with Crippen LogP contribution >= 0.6 is 15.9 Å². The molecule has 0 amide bonds. The Morgan fingerprint density at radius 2 is 2.19 bits per heavy atom. The van der Waals surface area contributed by atoms with E-state index in [9.17, 15) is 8.42 Å². The molecule has 1 aromatic rings. The van der Waals surface area contributed by atoms with E-state index in [1.54, 1.807) is 12.1 Å². The number of sulfonamides is 1. The van der Waals surface area contributed by atoms with Gasteiger partial charge in [0, 0.05) is 23.8 Å². The summed E-state index contributed by atoms with van der Waals surface area (Å²) in [6.45, 7) is 0.541. The molecule has 0 aromatic heterocycles. The first kappa shape index (κ1) is 13.4. The van der Waals surface area contributed by atoms with Crippen LogP contribution in [-0.4, -0.2) is 28.7 Å². The molecule has 3 N–H and O–H groups in total. The third-order valence-electron chi connectivity index (χ3n) is 1.84. The van der Waals surface area contributed by atoms with Crippen LogP contribution in [0.5, 0.6) is 0 Å². The fourth-order valence-corrected chi connectivity index (χ4v) is 3.09. The molecule has 90 valence electrons. The zero-order valence-corrected chi connectivity index (χ0v) is 11.1. The first-order valence-corrected chi connectivity index (χ1v) is 6.78. The maximum atomic E-state index is 11.8. The van der Waals surface area contributed by atoms with Crippen LogP contribution in [0.2, 0.25) is 0 Å². The van der Waals surface area contributed by atoms with Crippen LogP contribution in [0.1, 0.15) is 0 Å². The van der Waals surface area contributed by atoms with E-state index in [1.807, 2.05) is 0 Å². The number of nitrogens with two attached hydrogens (primary N) is 1. The lowest BCUT2D eigenvalue weighted by molar-refractivity contribution is 0.204. The third kappa shape index (κ3) is 3.44. The maximum Gasteiger partial charge on any atom is 0.241 e. The summed E-state index contributed by atoms with van der Waals surface area (Å²) >= 11 is 3.17. The standard InChI is InChI=1S/C9H13BrN2O3S/c1-15-5-4-12-16(13,14)9-6-7(11)2-3-8(9)10/h2-3,6,12H,4-5,11H2,1H3. The molecule has 0 spiro atoms. The van der Waals surface area contributed by atoms with E-state index in [0.717, 1.165) is 0 Å². The van der Waals surface area contributed by atoms with Gasteiger partial charge in [0.25, 0.3) is 0 Å². The third-order valence-corrected chi connectivity index (χ3v) is 4.30. The van der Waals surface area contributed by atoms with Crippen molar-refractivity contribution in [1.29, 1.82) is 0 Å². The molecule has 1 rings (SSSR count). The van der Waals surface area contributed by atoms with Crippen molar-refractivity contribution < 1.29 is 13.2 Å². The second-order valence-corrected chi connectivity index (χ2v) is 5.67. The van der Waals surface area contributed by atoms with Gasteiger partial charge in [0.05, 0.1) is 11.5 Å². The van der Waals surface area contributed by atoms with Crippen LogP contribution in [0.15, 0.2) is 27.6 Å². The fraction of sp³-hybridized carbons (Fsp3) is 0.333. The van der Waals surface area contributed by atoms with Crippen LogP contribution in [0.3, 0.4) is 0 Å². The lowest BCUT2D eigenvalue weighted by Gasteiger charge is -2.08. The van der Waals surface area contributed by atoms with E-state index in [2.05, 4.69) is 20.7 Å². The number of benzene rings is 1. The summed E-state index contributed by atoms with van der Waals surface area (Å²) in [4.78, 5) is 0.128. The molecule has 0 atom stereocenters.